The average molecular weight is 262 g/mol. The highest BCUT2D eigenvalue weighted by Gasteiger charge is 2.14. The highest BCUT2D eigenvalue weighted by molar-refractivity contribution is 5.90. The highest BCUT2D eigenvalue weighted by atomic mass is 16.5. The van der Waals surface area contributed by atoms with Gasteiger partial charge < -0.3 is 15.4 Å². The van der Waals surface area contributed by atoms with Crippen LogP contribution in [0.15, 0.2) is 18.2 Å². The smallest absolute Gasteiger partial charge is 0.338 e. The Morgan fingerprint density at radius 3 is 2.79 bits per heavy atom. The van der Waals surface area contributed by atoms with Crippen LogP contribution in [0.4, 0.5) is 5.69 Å². The van der Waals surface area contributed by atoms with Gasteiger partial charge in [0.1, 0.15) is 0 Å². The van der Waals surface area contributed by atoms with Gasteiger partial charge in [-0.1, -0.05) is 0 Å². The number of hydrogen-bond acceptors (Lipinski definition) is 4. The number of benzene rings is 1. The van der Waals surface area contributed by atoms with Gasteiger partial charge in [0.2, 0.25) is 0 Å². The van der Waals surface area contributed by atoms with Crippen LogP contribution in [0.25, 0.3) is 0 Å². The Hall–Kier alpha value is -1.55. The van der Waals surface area contributed by atoms with Gasteiger partial charge >= 0.3 is 5.97 Å². The third-order valence-electron chi connectivity index (χ3n) is 3.44. The van der Waals surface area contributed by atoms with E-state index in [9.17, 15) is 4.79 Å². The third-order valence-corrected chi connectivity index (χ3v) is 3.44. The largest absolute Gasteiger partial charge is 0.462 e. The Bertz CT molecular complexity index is 440. The van der Waals surface area contributed by atoms with Gasteiger partial charge in [-0.25, -0.2) is 4.79 Å². The number of esters is 1. The van der Waals surface area contributed by atoms with Gasteiger partial charge in [-0.15, -0.1) is 0 Å². The lowest BCUT2D eigenvalue weighted by molar-refractivity contribution is 0.0526. The van der Waals surface area contributed by atoms with Gasteiger partial charge in [0.25, 0.3) is 0 Å². The molecule has 0 aromatic heterocycles. The van der Waals surface area contributed by atoms with E-state index in [0.717, 1.165) is 37.2 Å². The van der Waals surface area contributed by atoms with Crippen molar-refractivity contribution in [2.45, 2.75) is 32.7 Å². The highest BCUT2D eigenvalue weighted by Crippen LogP contribution is 2.20. The summed E-state index contributed by atoms with van der Waals surface area (Å²) in [6.45, 7) is 6.38. The third kappa shape index (κ3) is 3.70. The van der Waals surface area contributed by atoms with Crippen LogP contribution < -0.4 is 10.6 Å². The maximum Gasteiger partial charge on any atom is 0.338 e. The summed E-state index contributed by atoms with van der Waals surface area (Å²) in [6, 6.07) is 6.22. The summed E-state index contributed by atoms with van der Waals surface area (Å²) in [5.41, 5.74) is 2.82. The van der Waals surface area contributed by atoms with Crippen molar-refractivity contribution in [3.8, 4) is 0 Å². The number of piperidine rings is 1. The van der Waals surface area contributed by atoms with Crippen LogP contribution in [0.5, 0.6) is 0 Å². The second-order valence-corrected chi connectivity index (χ2v) is 4.92. The van der Waals surface area contributed by atoms with Crippen molar-refractivity contribution in [2.75, 3.05) is 25.0 Å². The zero-order valence-electron chi connectivity index (χ0n) is 11.7. The molecule has 0 unspecified atom stereocenters. The number of carbonyl (C=O) groups excluding carboxylic acids is 1. The Morgan fingerprint density at radius 2 is 2.16 bits per heavy atom. The van der Waals surface area contributed by atoms with Crippen LogP contribution in [0, 0.1) is 6.92 Å². The lowest BCUT2D eigenvalue weighted by Gasteiger charge is -2.25. The second-order valence-electron chi connectivity index (χ2n) is 4.92. The minimum Gasteiger partial charge on any atom is -0.462 e. The number of anilines is 1. The summed E-state index contributed by atoms with van der Waals surface area (Å²) in [5.74, 6) is -0.251. The molecule has 1 aliphatic rings. The fourth-order valence-electron chi connectivity index (χ4n) is 2.35. The molecular weight excluding hydrogens is 240 g/mol. The first-order valence-electron chi connectivity index (χ1n) is 6.95. The molecule has 1 saturated heterocycles. The van der Waals surface area contributed by atoms with E-state index >= 15 is 0 Å². The Kier molecular flexibility index (Phi) is 4.80. The molecule has 0 aliphatic carbocycles. The second kappa shape index (κ2) is 6.57. The SMILES string of the molecule is CCOC(=O)c1ccc(NC2CCNCC2)c(C)c1. The number of nitrogens with one attached hydrogen (secondary N) is 2. The summed E-state index contributed by atoms with van der Waals surface area (Å²) in [6.07, 6.45) is 2.28. The quantitative estimate of drug-likeness (QED) is 0.818. The molecule has 1 aromatic rings. The van der Waals surface area contributed by atoms with E-state index in [1.807, 2.05) is 32.0 Å². The molecule has 0 radical (unpaired) electrons. The summed E-state index contributed by atoms with van der Waals surface area (Å²) < 4.78 is 5.01. The van der Waals surface area contributed by atoms with Gasteiger partial charge in [-0.3, -0.25) is 0 Å². The first kappa shape index (κ1) is 13.9. The molecule has 0 amide bonds. The molecule has 2 N–H and O–H groups in total. The maximum atomic E-state index is 11.6. The number of ether oxygens (including phenoxy) is 1. The van der Waals surface area contributed by atoms with Crippen molar-refractivity contribution < 1.29 is 9.53 Å². The molecule has 4 nitrogen and oxygen atoms in total. The topological polar surface area (TPSA) is 50.4 Å². The summed E-state index contributed by atoms with van der Waals surface area (Å²) in [4.78, 5) is 11.6. The Labute approximate surface area is 114 Å². The van der Waals surface area contributed by atoms with Crippen LogP contribution in [-0.2, 0) is 4.74 Å². The van der Waals surface area contributed by atoms with E-state index in [1.165, 1.54) is 0 Å². The van der Waals surface area contributed by atoms with Crippen molar-refractivity contribution in [1.29, 1.82) is 0 Å². The Morgan fingerprint density at radius 1 is 1.42 bits per heavy atom. The molecular formula is C15H22N2O2. The van der Waals surface area contributed by atoms with Gasteiger partial charge in [-0.2, -0.15) is 0 Å². The van der Waals surface area contributed by atoms with E-state index < -0.39 is 0 Å². The van der Waals surface area contributed by atoms with Crippen LogP contribution in [0.2, 0.25) is 0 Å². The number of hydrogen-bond donors (Lipinski definition) is 2. The van der Waals surface area contributed by atoms with E-state index in [2.05, 4.69) is 10.6 Å². The summed E-state index contributed by atoms with van der Waals surface area (Å²) in [5, 5.41) is 6.91. The van der Waals surface area contributed by atoms with Gasteiger partial charge in [0, 0.05) is 11.7 Å². The zero-order valence-corrected chi connectivity index (χ0v) is 11.7. The molecule has 1 aromatic carbocycles. The number of aryl methyl sites for hydroxylation is 1. The van der Waals surface area contributed by atoms with E-state index in [0.29, 0.717) is 18.2 Å². The minimum atomic E-state index is -0.251. The van der Waals surface area contributed by atoms with Crippen LogP contribution >= 0.6 is 0 Å². The fourth-order valence-corrected chi connectivity index (χ4v) is 2.35. The summed E-state index contributed by atoms with van der Waals surface area (Å²) in [7, 11) is 0. The molecule has 0 saturated carbocycles. The van der Waals surface area contributed by atoms with E-state index in [4.69, 9.17) is 4.74 Å². The normalized spacial score (nSPS) is 16.1. The van der Waals surface area contributed by atoms with Crippen molar-refractivity contribution in [3.05, 3.63) is 29.3 Å². The zero-order chi connectivity index (χ0) is 13.7. The predicted octanol–water partition coefficient (Wildman–Crippen LogP) is 2.34. The monoisotopic (exact) mass is 262 g/mol. The molecule has 1 heterocycles. The van der Waals surface area contributed by atoms with Crippen LogP contribution in [-0.4, -0.2) is 31.7 Å². The predicted molar refractivity (Wildman–Crippen MR) is 76.6 cm³/mol. The van der Waals surface area contributed by atoms with Crippen LogP contribution in [0.1, 0.15) is 35.7 Å². The molecule has 0 spiro atoms. The first-order chi connectivity index (χ1) is 9.20. The summed E-state index contributed by atoms with van der Waals surface area (Å²) >= 11 is 0. The van der Waals surface area contributed by atoms with Crippen molar-refractivity contribution in [2.24, 2.45) is 0 Å². The lowest BCUT2D eigenvalue weighted by atomic mass is 10.0. The lowest BCUT2D eigenvalue weighted by Crippen LogP contribution is -2.35. The van der Waals surface area contributed by atoms with Crippen molar-refractivity contribution in [1.82, 2.24) is 5.32 Å². The van der Waals surface area contributed by atoms with E-state index in [-0.39, 0.29) is 5.97 Å². The number of carbonyl (C=O) groups is 1. The molecule has 104 valence electrons. The van der Waals surface area contributed by atoms with E-state index in [1.54, 1.807) is 0 Å². The minimum absolute atomic E-state index is 0.251. The molecule has 4 heteroatoms. The van der Waals surface area contributed by atoms with Crippen molar-refractivity contribution in [3.63, 3.8) is 0 Å². The van der Waals surface area contributed by atoms with Crippen molar-refractivity contribution >= 4 is 11.7 Å². The van der Waals surface area contributed by atoms with Gasteiger partial charge in [-0.05, 0) is 63.5 Å². The van der Waals surface area contributed by atoms with Gasteiger partial charge in [0.05, 0.1) is 12.2 Å². The number of rotatable bonds is 4. The molecule has 2 rings (SSSR count). The molecule has 0 bridgehead atoms. The average Bonchev–Trinajstić information content (AvgIpc) is 2.42. The molecule has 1 aliphatic heterocycles. The van der Waals surface area contributed by atoms with Crippen LogP contribution in [0.3, 0.4) is 0 Å². The molecule has 0 atom stereocenters. The fraction of sp³-hybridized carbons (Fsp3) is 0.533. The Balaban J connectivity index is 2.04. The maximum absolute atomic E-state index is 11.6. The first-order valence-corrected chi connectivity index (χ1v) is 6.95. The molecule has 19 heavy (non-hydrogen) atoms. The van der Waals surface area contributed by atoms with Gasteiger partial charge in [0.15, 0.2) is 0 Å². The molecule has 1 fully saturated rings. The standard InChI is InChI=1S/C15H22N2O2/c1-3-19-15(18)12-4-5-14(11(2)10-12)17-13-6-8-16-9-7-13/h4-5,10,13,16-17H,3,6-9H2,1-2H3.